The van der Waals surface area contributed by atoms with Crippen LogP contribution in [-0.2, 0) is 14.6 Å². The third-order valence-electron chi connectivity index (χ3n) is 5.47. The lowest BCUT2D eigenvalue weighted by Crippen LogP contribution is -2.16. The van der Waals surface area contributed by atoms with E-state index in [4.69, 9.17) is 0 Å². The summed E-state index contributed by atoms with van der Waals surface area (Å²) in [6.07, 6.45) is 0.322. The molecule has 4 rings (SSSR count). The first kappa shape index (κ1) is 23.1. The van der Waals surface area contributed by atoms with Crippen LogP contribution >= 0.6 is 11.3 Å². The number of amides is 1. The van der Waals surface area contributed by atoms with Crippen molar-refractivity contribution < 1.29 is 13.2 Å². The number of carbonyl (C=O) groups is 1. The van der Waals surface area contributed by atoms with Crippen molar-refractivity contribution in [1.82, 2.24) is 14.8 Å². The Balaban J connectivity index is 1.44. The first-order valence-electron chi connectivity index (χ1n) is 10.7. The summed E-state index contributed by atoms with van der Waals surface area (Å²) in [6, 6.07) is 12.7. The largest absolute Gasteiger partial charge is 0.311 e. The quantitative estimate of drug-likeness (QED) is 0.404. The van der Waals surface area contributed by atoms with Crippen LogP contribution in [0.2, 0.25) is 0 Å². The van der Waals surface area contributed by atoms with Gasteiger partial charge in [0, 0.05) is 12.5 Å². The number of carbonyl (C=O) groups excluding carboxylic acids is 1. The van der Waals surface area contributed by atoms with Crippen molar-refractivity contribution in [2.24, 2.45) is 0 Å². The standard InChI is InChI=1S/C24H26N4O3S2/c1-15-7-9-19(10-8-15)33(30,31)11-5-6-23(29)26-22-14-18(4)27-28(22)24-25-20-12-16(2)17(3)13-21(20)32-24/h7-10,12-14H,5-6,11H2,1-4H3,(H,26,29). The van der Waals surface area contributed by atoms with Crippen molar-refractivity contribution in [3.63, 3.8) is 0 Å². The minimum atomic E-state index is -3.42. The summed E-state index contributed by atoms with van der Waals surface area (Å²) in [7, 11) is -3.42. The van der Waals surface area contributed by atoms with Crippen molar-refractivity contribution in [2.75, 3.05) is 11.1 Å². The Kier molecular flexibility index (Phi) is 6.36. The maximum Gasteiger partial charge on any atom is 0.225 e. The number of thiazole rings is 1. The number of fused-ring (bicyclic) bond motifs is 1. The van der Waals surface area contributed by atoms with E-state index in [-0.39, 0.29) is 29.4 Å². The average Bonchev–Trinajstić information content (AvgIpc) is 3.31. The lowest BCUT2D eigenvalue weighted by Gasteiger charge is -2.07. The monoisotopic (exact) mass is 482 g/mol. The highest BCUT2D eigenvalue weighted by Gasteiger charge is 2.17. The van der Waals surface area contributed by atoms with Gasteiger partial charge in [-0.15, -0.1) is 0 Å². The third kappa shape index (κ3) is 5.15. The molecule has 7 nitrogen and oxygen atoms in total. The fourth-order valence-corrected chi connectivity index (χ4v) is 5.81. The summed E-state index contributed by atoms with van der Waals surface area (Å²) in [4.78, 5) is 17.5. The second-order valence-corrected chi connectivity index (χ2v) is 11.4. The number of benzene rings is 2. The molecule has 2 heterocycles. The third-order valence-corrected chi connectivity index (χ3v) is 8.28. The molecule has 0 bridgehead atoms. The molecule has 0 aliphatic carbocycles. The Bertz CT molecular complexity index is 1400. The number of aromatic nitrogens is 3. The molecule has 0 saturated carbocycles. The topological polar surface area (TPSA) is 94.0 Å². The Labute approximate surface area is 197 Å². The van der Waals surface area contributed by atoms with E-state index in [0.29, 0.717) is 10.9 Å². The zero-order valence-electron chi connectivity index (χ0n) is 19.0. The molecular weight excluding hydrogens is 456 g/mol. The van der Waals surface area contributed by atoms with E-state index >= 15 is 0 Å². The zero-order valence-corrected chi connectivity index (χ0v) is 20.7. The van der Waals surface area contributed by atoms with Crippen molar-refractivity contribution in [3.8, 4) is 5.13 Å². The fourth-order valence-electron chi connectivity index (χ4n) is 3.48. The van der Waals surface area contributed by atoms with E-state index in [0.717, 1.165) is 21.5 Å². The summed E-state index contributed by atoms with van der Waals surface area (Å²) >= 11 is 1.51. The fraction of sp³-hybridized carbons (Fsp3) is 0.292. The lowest BCUT2D eigenvalue weighted by atomic mass is 10.1. The maximum absolute atomic E-state index is 12.6. The number of aryl methyl sites for hydroxylation is 4. The number of nitrogens with one attached hydrogen (secondary N) is 1. The first-order valence-corrected chi connectivity index (χ1v) is 13.1. The molecule has 1 N–H and O–H groups in total. The summed E-state index contributed by atoms with van der Waals surface area (Å²) in [5.41, 5.74) is 5.01. The highest BCUT2D eigenvalue weighted by molar-refractivity contribution is 7.91. The predicted octanol–water partition coefficient (Wildman–Crippen LogP) is 4.91. The van der Waals surface area contributed by atoms with E-state index in [1.54, 1.807) is 35.0 Å². The molecule has 0 aliphatic rings. The van der Waals surface area contributed by atoms with Gasteiger partial charge in [-0.2, -0.15) is 9.78 Å². The van der Waals surface area contributed by atoms with E-state index in [1.165, 1.54) is 22.5 Å². The highest BCUT2D eigenvalue weighted by atomic mass is 32.2. The number of hydrogen-bond donors (Lipinski definition) is 1. The summed E-state index contributed by atoms with van der Waals surface area (Å²) in [6.45, 7) is 7.87. The van der Waals surface area contributed by atoms with Crippen LogP contribution < -0.4 is 5.32 Å². The van der Waals surface area contributed by atoms with Gasteiger partial charge in [0.1, 0.15) is 5.82 Å². The number of sulfone groups is 1. The van der Waals surface area contributed by atoms with Crippen LogP contribution in [0.5, 0.6) is 0 Å². The number of nitrogens with zero attached hydrogens (tertiary/aromatic N) is 3. The van der Waals surface area contributed by atoms with Gasteiger partial charge >= 0.3 is 0 Å². The molecule has 172 valence electrons. The van der Waals surface area contributed by atoms with Gasteiger partial charge in [-0.25, -0.2) is 13.4 Å². The average molecular weight is 483 g/mol. The SMILES string of the molecule is Cc1ccc(S(=O)(=O)CCCC(=O)Nc2cc(C)nn2-c2nc3cc(C)c(C)cc3s2)cc1. The van der Waals surface area contributed by atoms with Gasteiger partial charge in [0.2, 0.25) is 11.0 Å². The lowest BCUT2D eigenvalue weighted by molar-refractivity contribution is -0.116. The molecule has 0 radical (unpaired) electrons. The smallest absolute Gasteiger partial charge is 0.225 e. The van der Waals surface area contributed by atoms with Gasteiger partial charge in [-0.1, -0.05) is 29.0 Å². The zero-order chi connectivity index (χ0) is 23.8. The molecular formula is C24H26N4O3S2. The Hall–Kier alpha value is -3.04. The summed E-state index contributed by atoms with van der Waals surface area (Å²) in [5, 5.41) is 8.03. The van der Waals surface area contributed by atoms with Gasteiger partial charge in [-0.05, 0) is 69.5 Å². The van der Waals surface area contributed by atoms with Crippen molar-refractivity contribution in [3.05, 3.63) is 64.8 Å². The van der Waals surface area contributed by atoms with Crippen molar-refractivity contribution in [2.45, 2.75) is 45.4 Å². The molecule has 2 aromatic carbocycles. The van der Waals surface area contributed by atoms with Crippen molar-refractivity contribution >= 4 is 43.1 Å². The first-order chi connectivity index (χ1) is 15.6. The van der Waals surface area contributed by atoms with Gasteiger partial charge in [0.15, 0.2) is 9.84 Å². The Morgan fingerprint density at radius 2 is 1.73 bits per heavy atom. The van der Waals surface area contributed by atoms with Gasteiger partial charge in [0.05, 0.1) is 26.6 Å². The Morgan fingerprint density at radius 1 is 1.03 bits per heavy atom. The normalized spacial score (nSPS) is 11.8. The number of anilines is 1. The molecule has 0 atom stereocenters. The van der Waals surface area contributed by atoms with Crippen LogP contribution in [0.15, 0.2) is 47.4 Å². The molecule has 1 amide bonds. The molecule has 2 aromatic heterocycles. The van der Waals surface area contributed by atoms with Crippen molar-refractivity contribution in [1.29, 1.82) is 0 Å². The van der Waals surface area contributed by atoms with E-state index in [1.807, 2.05) is 19.9 Å². The Morgan fingerprint density at radius 3 is 2.45 bits per heavy atom. The molecule has 33 heavy (non-hydrogen) atoms. The van der Waals surface area contributed by atoms with Gasteiger partial charge in [0.25, 0.3) is 0 Å². The number of hydrogen-bond acceptors (Lipinski definition) is 6. The second-order valence-electron chi connectivity index (χ2n) is 8.27. The van der Waals surface area contributed by atoms with Crippen LogP contribution in [0.3, 0.4) is 0 Å². The van der Waals surface area contributed by atoms with Gasteiger partial charge in [-0.3, -0.25) is 4.79 Å². The molecule has 0 saturated heterocycles. The van der Waals surface area contributed by atoms with Crippen LogP contribution in [-0.4, -0.2) is 34.8 Å². The number of rotatable bonds is 7. The predicted molar refractivity (Wildman–Crippen MR) is 132 cm³/mol. The molecule has 0 aliphatic heterocycles. The van der Waals surface area contributed by atoms with Crippen LogP contribution in [0.4, 0.5) is 5.82 Å². The maximum atomic E-state index is 12.6. The molecule has 9 heteroatoms. The summed E-state index contributed by atoms with van der Waals surface area (Å²) < 4.78 is 27.7. The molecule has 4 aromatic rings. The summed E-state index contributed by atoms with van der Waals surface area (Å²) in [5.74, 6) is 0.174. The van der Waals surface area contributed by atoms with Crippen LogP contribution in [0.1, 0.15) is 35.2 Å². The second kappa shape index (κ2) is 9.07. The van der Waals surface area contributed by atoms with E-state index in [2.05, 4.69) is 35.3 Å². The molecule has 0 unspecified atom stereocenters. The molecule has 0 fully saturated rings. The van der Waals surface area contributed by atoms with E-state index in [9.17, 15) is 13.2 Å². The minimum absolute atomic E-state index is 0.0850. The van der Waals surface area contributed by atoms with Gasteiger partial charge < -0.3 is 5.32 Å². The van der Waals surface area contributed by atoms with E-state index < -0.39 is 9.84 Å². The van der Waals surface area contributed by atoms with Crippen LogP contribution in [0.25, 0.3) is 15.3 Å². The molecule has 0 spiro atoms. The minimum Gasteiger partial charge on any atom is -0.311 e. The highest BCUT2D eigenvalue weighted by Crippen LogP contribution is 2.29. The van der Waals surface area contributed by atoms with Crippen LogP contribution in [0, 0.1) is 27.7 Å².